The zero-order valence-electron chi connectivity index (χ0n) is 6.59. The Morgan fingerprint density at radius 3 is 2.40 bits per heavy atom. The number of hydrogen-bond donors (Lipinski definition) is 1. The van der Waals surface area contributed by atoms with Gasteiger partial charge in [-0.25, -0.2) is 0 Å². The van der Waals surface area contributed by atoms with E-state index in [1.165, 1.54) is 0 Å². The number of hydrogen-bond acceptors (Lipinski definition) is 1. The molecule has 0 amide bonds. The minimum Gasteiger partial charge on any atom is -0.392 e. The van der Waals surface area contributed by atoms with E-state index in [0.717, 1.165) is 6.42 Å². The standard InChI is InChI=1S/C9H16O/c1-4-7-9(10)8(5-2)6-3/h4-5,8-10H,1-2,6-7H2,3H3. The maximum absolute atomic E-state index is 9.37. The average molecular weight is 140 g/mol. The van der Waals surface area contributed by atoms with Crippen LogP contribution >= 0.6 is 0 Å². The highest BCUT2D eigenvalue weighted by Gasteiger charge is 2.10. The van der Waals surface area contributed by atoms with Crippen molar-refractivity contribution in [3.8, 4) is 0 Å². The predicted octanol–water partition coefficient (Wildman–Crippen LogP) is 2.14. The van der Waals surface area contributed by atoms with E-state index < -0.39 is 0 Å². The van der Waals surface area contributed by atoms with Crippen LogP contribution in [0.2, 0.25) is 0 Å². The van der Waals surface area contributed by atoms with Gasteiger partial charge in [0.05, 0.1) is 6.10 Å². The second kappa shape index (κ2) is 5.24. The average Bonchev–Trinajstić information content (AvgIpc) is 1.91. The van der Waals surface area contributed by atoms with Crippen molar-refractivity contribution in [1.29, 1.82) is 0 Å². The molecule has 0 saturated heterocycles. The van der Waals surface area contributed by atoms with E-state index in [0.29, 0.717) is 6.42 Å². The molecule has 0 radical (unpaired) electrons. The summed E-state index contributed by atoms with van der Waals surface area (Å²) in [7, 11) is 0. The summed E-state index contributed by atoms with van der Waals surface area (Å²) in [6.45, 7) is 9.24. The first-order valence-electron chi connectivity index (χ1n) is 3.67. The zero-order chi connectivity index (χ0) is 7.98. The van der Waals surface area contributed by atoms with E-state index >= 15 is 0 Å². The molecule has 2 unspecified atom stereocenters. The third kappa shape index (κ3) is 2.83. The van der Waals surface area contributed by atoms with Crippen LogP contribution in [0.25, 0.3) is 0 Å². The molecule has 1 N–H and O–H groups in total. The van der Waals surface area contributed by atoms with Crippen LogP contribution in [0.4, 0.5) is 0 Å². The molecule has 2 atom stereocenters. The zero-order valence-corrected chi connectivity index (χ0v) is 6.59. The van der Waals surface area contributed by atoms with Crippen molar-refractivity contribution in [1.82, 2.24) is 0 Å². The largest absolute Gasteiger partial charge is 0.392 e. The highest BCUT2D eigenvalue weighted by molar-refractivity contribution is 4.87. The minimum absolute atomic E-state index is 0.220. The number of aliphatic hydroxyl groups is 1. The fourth-order valence-electron chi connectivity index (χ4n) is 0.941. The summed E-state index contributed by atoms with van der Waals surface area (Å²) < 4.78 is 0. The second-order valence-corrected chi connectivity index (χ2v) is 2.40. The molecule has 1 heteroatoms. The molecule has 0 fully saturated rings. The van der Waals surface area contributed by atoms with Gasteiger partial charge < -0.3 is 5.11 Å². The molecule has 0 aromatic heterocycles. The molecule has 1 nitrogen and oxygen atoms in total. The van der Waals surface area contributed by atoms with Crippen LogP contribution in [0.1, 0.15) is 19.8 Å². The van der Waals surface area contributed by atoms with Crippen molar-refractivity contribution >= 4 is 0 Å². The fraction of sp³-hybridized carbons (Fsp3) is 0.556. The summed E-state index contributed by atoms with van der Waals surface area (Å²) in [4.78, 5) is 0. The Labute approximate surface area is 63.1 Å². The van der Waals surface area contributed by atoms with Gasteiger partial charge in [0.1, 0.15) is 0 Å². The van der Waals surface area contributed by atoms with Gasteiger partial charge in [-0.05, 0) is 12.8 Å². The Bertz CT molecular complexity index is 107. The lowest BCUT2D eigenvalue weighted by molar-refractivity contribution is 0.131. The summed E-state index contributed by atoms with van der Waals surface area (Å²) in [5.41, 5.74) is 0. The van der Waals surface area contributed by atoms with Gasteiger partial charge >= 0.3 is 0 Å². The first kappa shape index (κ1) is 9.44. The Morgan fingerprint density at radius 2 is 2.10 bits per heavy atom. The van der Waals surface area contributed by atoms with Crippen molar-refractivity contribution in [3.05, 3.63) is 25.3 Å². The van der Waals surface area contributed by atoms with Gasteiger partial charge in [-0.2, -0.15) is 0 Å². The Morgan fingerprint density at radius 1 is 1.50 bits per heavy atom. The Hall–Kier alpha value is -0.560. The van der Waals surface area contributed by atoms with Gasteiger partial charge in [-0.3, -0.25) is 0 Å². The lowest BCUT2D eigenvalue weighted by Crippen LogP contribution is -2.16. The van der Waals surface area contributed by atoms with Crippen molar-refractivity contribution in [2.24, 2.45) is 5.92 Å². The van der Waals surface area contributed by atoms with Crippen LogP contribution in [0, 0.1) is 5.92 Å². The van der Waals surface area contributed by atoms with Gasteiger partial charge in [0, 0.05) is 5.92 Å². The highest BCUT2D eigenvalue weighted by atomic mass is 16.3. The number of rotatable bonds is 5. The lowest BCUT2D eigenvalue weighted by Gasteiger charge is -2.15. The van der Waals surface area contributed by atoms with E-state index in [2.05, 4.69) is 13.2 Å². The molecule has 0 spiro atoms. The van der Waals surface area contributed by atoms with Crippen molar-refractivity contribution < 1.29 is 5.11 Å². The molecule has 0 aliphatic rings. The topological polar surface area (TPSA) is 20.2 Å². The number of aliphatic hydroxyl groups excluding tert-OH is 1. The van der Waals surface area contributed by atoms with Crippen LogP contribution in [0.15, 0.2) is 25.3 Å². The smallest absolute Gasteiger partial charge is 0.0636 e. The van der Waals surface area contributed by atoms with Gasteiger partial charge in [-0.15, -0.1) is 13.2 Å². The van der Waals surface area contributed by atoms with Crippen LogP contribution in [-0.2, 0) is 0 Å². The van der Waals surface area contributed by atoms with E-state index in [-0.39, 0.29) is 12.0 Å². The van der Waals surface area contributed by atoms with E-state index in [4.69, 9.17) is 0 Å². The molecule has 0 bridgehead atoms. The second-order valence-electron chi connectivity index (χ2n) is 2.40. The van der Waals surface area contributed by atoms with E-state index in [9.17, 15) is 5.11 Å². The third-order valence-electron chi connectivity index (χ3n) is 1.68. The summed E-state index contributed by atoms with van der Waals surface area (Å²) >= 11 is 0. The SMILES string of the molecule is C=CCC(O)C(C=C)CC. The molecule has 0 heterocycles. The monoisotopic (exact) mass is 140 g/mol. The molecule has 0 saturated carbocycles. The molecule has 0 rings (SSSR count). The molecule has 0 aromatic carbocycles. The summed E-state index contributed by atoms with van der Waals surface area (Å²) in [5.74, 6) is 0.220. The van der Waals surface area contributed by atoms with Gasteiger partial charge in [-0.1, -0.05) is 19.1 Å². The molecule has 0 aliphatic carbocycles. The quantitative estimate of drug-likeness (QED) is 0.580. The van der Waals surface area contributed by atoms with Crippen molar-refractivity contribution in [2.45, 2.75) is 25.9 Å². The summed E-state index contributed by atoms with van der Waals surface area (Å²) in [5, 5.41) is 9.37. The molecule has 10 heavy (non-hydrogen) atoms. The van der Waals surface area contributed by atoms with E-state index in [1.54, 1.807) is 12.2 Å². The van der Waals surface area contributed by atoms with Crippen molar-refractivity contribution in [2.75, 3.05) is 0 Å². The maximum Gasteiger partial charge on any atom is 0.0636 e. The molecular formula is C9H16O. The molecule has 0 aliphatic heterocycles. The van der Waals surface area contributed by atoms with E-state index in [1.807, 2.05) is 6.92 Å². The maximum atomic E-state index is 9.37. The first-order chi connectivity index (χ1) is 4.76. The minimum atomic E-state index is -0.292. The normalized spacial score (nSPS) is 15.8. The molecule has 58 valence electrons. The van der Waals surface area contributed by atoms with Crippen LogP contribution in [-0.4, -0.2) is 11.2 Å². The Kier molecular flexibility index (Phi) is 4.95. The molecule has 0 aromatic rings. The van der Waals surface area contributed by atoms with Gasteiger partial charge in [0.2, 0.25) is 0 Å². The summed E-state index contributed by atoms with van der Waals surface area (Å²) in [6, 6.07) is 0. The van der Waals surface area contributed by atoms with Crippen LogP contribution in [0.5, 0.6) is 0 Å². The third-order valence-corrected chi connectivity index (χ3v) is 1.68. The van der Waals surface area contributed by atoms with Crippen LogP contribution < -0.4 is 0 Å². The van der Waals surface area contributed by atoms with Crippen molar-refractivity contribution in [3.63, 3.8) is 0 Å². The highest BCUT2D eigenvalue weighted by Crippen LogP contribution is 2.12. The fourth-order valence-corrected chi connectivity index (χ4v) is 0.941. The van der Waals surface area contributed by atoms with Gasteiger partial charge in [0.15, 0.2) is 0 Å². The first-order valence-corrected chi connectivity index (χ1v) is 3.67. The lowest BCUT2D eigenvalue weighted by atomic mass is 9.97. The predicted molar refractivity (Wildman–Crippen MR) is 44.8 cm³/mol. The van der Waals surface area contributed by atoms with Gasteiger partial charge in [0.25, 0.3) is 0 Å². The molecular weight excluding hydrogens is 124 g/mol. The van der Waals surface area contributed by atoms with Crippen LogP contribution in [0.3, 0.4) is 0 Å². The Balaban J connectivity index is 3.74. The summed E-state index contributed by atoms with van der Waals surface area (Å²) in [6.07, 6.45) is 4.84.